The van der Waals surface area contributed by atoms with Crippen molar-refractivity contribution >= 4 is 16.9 Å². The molecule has 0 amide bonds. The third-order valence-electron chi connectivity index (χ3n) is 4.70. The first kappa shape index (κ1) is 17.0. The lowest BCUT2D eigenvalue weighted by atomic mass is 10.1. The molecule has 0 aliphatic carbocycles. The van der Waals surface area contributed by atoms with Gasteiger partial charge in [-0.1, -0.05) is 83.2 Å². The summed E-state index contributed by atoms with van der Waals surface area (Å²) in [7, 11) is 0. The van der Waals surface area contributed by atoms with Crippen molar-refractivity contribution in [2.24, 2.45) is 0 Å². The minimum absolute atomic E-state index is 0.239. The van der Waals surface area contributed by atoms with Gasteiger partial charge in [0.15, 0.2) is 5.69 Å². The predicted octanol–water partition coefficient (Wildman–Crippen LogP) is 3.43. The summed E-state index contributed by atoms with van der Waals surface area (Å²) in [4.78, 5) is 13.3. The normalized spacial score (nSPS) is 11.0. The second-order valence-electron chi connectivity index (χ2n) is 6.59. The van der Waals surface area contributed by atoms with Crippen molar-refractivity contribution in [3.63, 3.8) is 0 Å². The van der Waals surface area contributed by atoms with Crippen molar-refractivity contribution in [2.45, 2.75) is 6.54 Å². The molecule has 5 rings (SSSR count). The zero-order valence-electron chi connectivity index (χ0n) is 15.4. The second kappa shape index (κ2) is 7.12. The number of nitrogens with zero attached hydrogens (tertiary/aromatic N) is 6. The Morgan fingerprint density at radius 3 is 2.24 bits per heavy atom. The van der Waals surface area contributed by atoms with Crippen molar-refractivity contribution in [1.82, 2.24) is 30.0 Å². The van der Waals surface area contributed by atoms with Crippen LogP contribution in [-0.4, -0.2) is 35.9 Å². The summed E-state index contributed by atoms with van der Waals surface area (Å²) in [5.74, 6) is -0.364. The highest BCUT2D eigenvalue weighted by Crippen LogP contribution is 2.24. The van der Waals surface area contributed by atoms with Crippen LogP contribution in [0.5, 0.6) is 0 Å². The van der Waals surface area contributed by atoms with Crippen molar-refractivity contribution < 1.29 is 4.79 Å². The van der Waals surface area contributed by atoms with Gasteiger partial charge in [-0.15, -0.1) is 10.2 Å². The summed E-state index contributed by atoms with van der Waals surface area (Å²) in [5.41, 5.74) is 4.11. The lowest BCUT2D eigenvalue weighted by molar-refractivity contribution is 0.0943. The van der Waals surface area contributed by atoms with Crippen LogP contribution in [-0.2, 0) is 6.54 Å². The van der Waals surface area contributed by atoms with Crippen LogP contribution in [0.1, 0.15) is 16.1 Å². The van der Waals surface area contributed by atoms with Crippen molar-refractivity contribution in [3.05, 3.63) is 96.2 Å². The molecule has 0 fully saturated rings. The number of carbonyl (C=O) groups excluding carboxylic acids is 1. The second-order valence-corrected chi connectivity index (χ2v) is 6.59. The molecule has 0 unspecified atom stereocenters. The molecule has 2 aromatic heterocycles. The van der Waals surface area contributed by atoms with Crippen molar-refractivity contribution in [2.75, 3.05) is 0 Å². The number of aromatic nitrogens is 6. The molecule has 7 nitrogen and oxygen atoms in total. The molecular weight excluding hydrogens is 364 g/mol. The van der Waals surface area contributed by atoms with Gasteiger partial charge in [0.05, 0.1) is 12.1 Å². The maximum atomic E-state index is 13.3. The number of rotatable bonds is 4. The Bertz CT molecular complexity index is 1290. The fourth-order valence-corrected chi connectivity index (χ4v) is 3.33. The summed E-state index contributed by atoms with van der Waals surface area (Å²) in [6.45, 7) is 0.503. The summed E-state index contributed by atoms with van der Waals surface area (Å²) in [5, 5.41) is 16.6. The lowest BCUT2D eigenvalue weighted by Crippen LogP contribution is -2.16. The highest BCUT2D eigenvalue weighted by Gasteiger charge is 2.24. The molecule has 3 aromatic carbocycles. The molecule has 0 saturated heterocycles. The fraction of sp³-hybridized carbons (Fsp3) is 0.0455. The van der Waals surface area contributed by atoms with E-state index >= 15 is 0 Å². The third-order valence-corrected chi connectivity index (χ3v) is 4.70. The molecule has 0 aliphatic heterocycles. The molecular formula is C22H16N6O. The van der Waals surface area contributed by atoms with Gasteiger partial charge in [0.2, 0.25) is 0 Å². The smallest absolute Gasteiger partial charge is 0.265 e. The number of carbonyl (C=O) groups is 1. The number of hydrogen-bond donors (Lipinski definition) is 0. The molecule has 140 valence electrons. The first-order chi connectivity index (χ1) is 14.3. The first-order valence-electron chi connectivity index (χ1n) is 9.19. The third kappa shape index (κ3) is 3.08. The first-order valence-corrected chi connectivity index (χ1v) is 9.19. The van der Waals surface area contributed by atoms with E-state index in [0.29, 0.717) is 23.3 Å². The van der Waals surface area contributed by atoms with Crippen LogP contribution >= 0.6 is 0 Å². The van der Waals surface area contributed by atoms with Gasteiger partial charge in [0, 0.05) is 5.56 Å². The van der Waals surface area contributed by atoms with E-state index in [1.54, 1.807) is 4.68 Å². The number of para-hydroxylation sites is 1. The van der Waals surface area contributed by atoms with E-state index in [4.69, 9.17) is 0 Å². The Morgan fingerprint density at radius 2 is 1.45 bits per heavy atom. The molecule has 2 heterocycles. The van der Waals surface area contributed by atoms with Crippen LogP contribution in [0.25, 0.3) is 22.3 Å². The summed E-state index contributed by atoms with van der Waals surface area (Å²) >= 11 is 0. The van der Waals surface area contributed by atoms with Gasteiger partial charge in [0.1, 0.15) is 11.2 Å². The number of benzene rings is 3. The van der Waals surface area contributed by atoms with Crippen molar-refractivity contribution in [1.29, 1.82) is 0 Å². The lowest BCUT2D eigenvalue weighted by Gasteiger charge is -2.08. The maximum Gasteiger partial charge on any atom is 0.302 e. The van der Waals surface area contributed by atoms with Gasteiger partial charge in [-0.25, -0.2) is 4.68 Å². The highest BCUT2D eigenvalue weighted by atomic mass is 16.2. The Hall–Kier alpha value is -4.13. The zero-order chi connectivity index (χ0) is 19.6. The molecule has 0 radical (unpaired) electrons. The summed E-state index contributed by atoms with van der Waals surface area (Å²) in [6.07, 6.45) is 0. The van der Waals surface area contributed by atoms with Gasteiger partial charge >= 0.3 is 5.91 Å². The minimum atomic E-state index is -0.364. The Morgan fingerprint density at radius 1 is 0.759 bits per heavy atom. The van der Waals surface area contributed by atoms with Gasteiger partial charge in [-0.05, 0) is 17.7 Å². The number of hydrogen-bond acceptors (Lipinski definition) is 5. The van der Waals surface area contributed by atoms with E-state index in [2.05, 4.69) is 20.6 Å². The van der Waals surface area contributed by atoms with Gasteiger partial charge in [0.25, 0.3) is 0 Å². The van der Waals surface area contributed by atoms with E-state index < -0.39 is 0 Å². The average Bonchev–Trinajstić information content (AvgIpc) is 3.39. The van der Waals surface area contributed by atoms with E-state index in [1.807, 2.05) is 84.9 Å². The largest absolute Gasteiger partial charge is 0.302 e. The predicted molar refractivity (Wildman–Crippen MR) is 108 cm³/mol. The average molecular weight is 380 g/mol. The van der Waals surface area contributed by atoms with Gasteiger partial charge < -0.3 is 0 Å². The van der Waals surface area contributed by atoms with Crippen molar-refractivity contribution in [3.8, 4) is 11.3 Å². The van der Waals surface area contributed by atoms with Crippen LogP contribution in [0.2, 0.25) is 0 Å². The standard InChI is InChI=1S/C22H16N6O/c29-22(28-19-14-8-7-13-18(19)23-26-28)20-21(17-11-5-2-6-12-17)27(25-24-20)15-16-9-3-1-4-10-16/h1-14H,15H2. The molecule has 5 aromatic rings. The van der Waals surface area contributed by atoms with Crippen LogP contribution < -0.4 is 0 Å². The van der Waals surface area contributed by atoms with E-state index in [1.165, 1.54) is 4.68 Å². The molecule has 0 saturated carbocycles. The topological polar surface area (TPSA) is 78.5 Å². The van der Waals surface area contributed by atoms with E-state index in [9.17, 15) is 4.79 Å². The summed E-state index contributed by atoms with van der Waals surface area (Å²) < 4.78 is 3.02. The fourth-order valence-electron chi connectivity index (χ4n) is 3.33. The maximum absolute atomic E-state index is 13.3. The molecule has 0 spiro atoms. The Balaban J connectivity index is 1.64. The van der Waals surface area contributed by atoms with Gasteiger partial charge in [-0.3, -0.25) is 4.79 Å². The number of fused-ring (bicyclic) bond motifs is 1. The molecule has 0 bridgehead atoms. The van der Waals surface area contributed by atoms with Crippen LogP contribution in [0.15, 0.2) is 84.9 Å². The summed E-state index contributed by atoms with van der Waals surface area (Å²) in [6, 6.07) is 26.9. The van der Waals surface area contributed by atoms with E-state index in [-0.39, 0.29) is 11.6 Å². The van der Waals surface area contributed by atoms with Crippen LogP contribution in [0, 0.1) is 0 Å². The Labute approximate surface area is 166 Å². The molecule has 7 heteroatoms. The highest BCUT2D eigenvalue weighted by molar-refractivity contribution is 6.02. The molecule has 0 atom stereocenters. The zero-order valence-corrected chi connectivity index (χ0v) is 15.4. The quantitative estimate of drug-likeness (QED) is 0.477. The van der Waals surface area contributed by atoms with Gasteiger partial charge in [-0.2, -0.15) is 4.68 Å². The minimum Gasteiger partial charge on any atom is -0.265 e. The monoisotopic (exact) mass is 380 g/mol. The van der Waals surface area contributed by atoms with E-state index in [0.717, 1.165) is 11.1 Å². The van der Waals surface area contributed by atoms with Crippen LogP contribution in [0.4, 0.5) is 0 Å². The Kier molecular flexibility index (Phi) is 4.18. The molecule has 0 N–H and O–H groups in total. The van der Waals surface area contributed by atoms with Crippen LogP contribution in [0.3, 0.4) is 0 Å². The SMILES string of the molecule is O=C(c1nnn(Cc2ccccc2)c1-c1ccccc1)n1nnc2ccccc21. The molecule has 29 heavy (non-hydrogen) atoms. The molecule has 0 aliphatic rings.